The zero-order valence-electron chi connectivity index (χ0n) is 14.5. The van der Waals surface area contributed by atoms with Crippen LogP contribution in [0, 0.1) is 12.8 Å². The van der Waals surface area contributed by atoms with Crippen LogP contribution in [0.2, 0.25) is 5.02 Å². The molecule has 2 heterocycles. The second kappa shape index (κ2) is 6.92. The van der Waals surface area contributed by atoms with Crippen LogP contribution in [0.4, 0.5) is 5.69 Å². The molecular formula is C20H19ClN4O. The summed E-state index contributed by atoms with van der Waals surface area (Å²) in [5, 5.41) is 5.13. The molecule has 4 rings (SSSR count). The molecule has 0 atom stereocenters. The molecule has 0 unspecified atom stereocenters. The average Bonchev–Trinajstić information content (AvgIpc) is 3.40. The van der Waals surface area contributed by atoms with E-state index in [-0.39, 0.29) is 5.91 Å². The van der Waals surface area contributed by atoms with E-state index in [1.807, 2.05) is 49.5 Å². The number of carbonyl (C=O) groups excluding carboxylic acids is 1. The molecule has 1 aliphatic rings. The van der Waals surface area contributed by atoms with Crippen LogP contribution in [0.1, 0.15) is 28.9 Å². The number of aryl methyl sites for hydroxylation is 1. The number of benzene rings is 1. The summed E-state index contributed by atoms with van der Waals surface area (Å²) in [6.07, 6.45) is 7.60. The lowest BCUT2D eigenvalue weighted by Crippen LogP contribution is -2.33. The van der Waals surface area contributed by atoms with Crippen molar-refractivity contribution in [3.8, 4) is 5.69 Å². The van der Waals surface area contributed by atoms with Gasteiger partial charge in [-0.25, -0.2) is 4.68 Å². The minimum Gasteiger partial charge on any atom is -0.305 e. The predicted octanol–water partition coefficient (Wildman–Crippen LogP) is 4.29. The van der Waals surface area contributed by atoms with E-state index in [2.05, 4.69) is 10.1 Å². The fourth-order valence-electron chi connectivity index (χ4n) is 2.94. The topological polar surface area (TPSA) is 51.0 Å². The number of rotatable bonds is 5. The highest BCUT2D eigenvalue weighted by molar-refractivity contribution is 6.32. The number of halogens is 1. The zero-order chi connectivity index (χ0) is 18.1. The van der Waals surface area contributed by atoms with Gasteiger partial charge in [0.25, 0.3) is 5.91 Å². The molecule has 0 bridgehead atoms. The van der Waals surface area contributed by atoms with Gasteiger partial charge in [-0.3, -0.25) is 9.78 Å². The lowest BCUT2D eigenvalue weighted by molar-refractivity contribution is 0.0980. The molecule has 1 aromatic carbocycles. The van der Waals surface area contributed by atoms with E-state index < -0.39 is 0 Å². The number of anilines is 1. The van der Waals surface area contributed by atoms with E-state index in [0.717, 1.165) is 29.8 Å². The first-order chi connectivity index (χ1) is 12.6. The second-order valence-corrected chi connectivity index (χ2v) is 7.03. The maximum absolute atomic E-state index is 13.2. The zero-order valence-corrected chi connectivity index (χ0v) is 15.2. The van der Waals surface area contributed by atoms with Gasteiger partial charge in [0.2, 0.25) is 0 Å². The third kappa shape index (κ3) is 3.35. The third-order valence-electron chi connectivity index (χ3n) is 4.54. The first-order valence-corrected chi connectivity index (χ1v) is 9.04. The fourth-order valence-corrected chi connectivity index (χ4v) is 3.16. The van der Waals surface area contributed by atoms with Crippen molar-refractivity contribution in [1.82, 2.24) is 14.8 Å². The van der Waals surface area contributed by atoms with Crippen LogP contribution in [0.3, 0.4) is 0 Å². The molecule has 0 radical (unpaired) electrons. The Kier molecular flexibility index (Phi) is 4.47. The Labute approximate surface area is 157 Å². The molecular weight excluding hydrogens is 348 g/mol. The highest BCUT2D eigenvalue weighted by atomic mass is 35.5. The lowest BCUT2D eigenvalue weighted by atomic mass is 10.2. The van der Waals surface area contributed by atoms with Gasteiger partial charge in [-0.2, -0.15) is 5.10 Å². The van der Waals surface area contributed by atoms with Crippen molar-refractivity contribution in [3.63, 3.8) is 0 Å². The van der Waals surface area contributed by atoms with Gasteiger partial charge >= 0.3 is 0 Å². The standard InChI is InChI=1S/C20H19ClN4O/c1-14-12-25(18-7-3-2-6-17(18)21)23-19(14)20(26)24(13-15-8-9-15)16-5-4-10-22-11-16/h2-7,10-12,15H,8-9,13H2,1H3. The van der Waals surface area contributed by atoms with E-state index in [4.69, 9.17) is 11.6 Å². The van der Waals surface area contributed by atoms with E-state index in [9.17, 15) is 4.79 Å². The van der Waals surface area contributed by atoms with Crippen LogP contribution in [-0.2, 0) is 0 Å². The van der Waals surface area contributed by atoms with Crippen molar-refractivity contribution in [3.05, 3.63) is 71.3 Å². The minimum absolute atomic E-state index is 0.104. The number of aromatic nitrogens is 3. The van der Waals surface area contributed by atoms with Gasteiger partial charge in [-0.05, 0) is 49.9 Å². The molecule has 132 valence electrons. The Bertz CT molecular complexity index is 934. The second-order valence-electron chi connectivity index (χ2n) is 6.63. The molecule has 0 saturated heterocycles. The van der Waals surface area contributed by atoms with Crippen molar-refractivity contribution >= 4 is 23.2 Å². The van der Waals surface area contributed by atoms with Gasteiger partial charge in [-0.15, -0.1) is 0 Å². The van der Waals surface area contributed by atoms with Crippen LogP contribution in [0.15, 0.2) is 55.0 Å². The van der Waals surface area contributed by atoms with E-state index in [0.29, 0.717) is 23.2 Å². The highest BCUT2D eigenvalue weighted by Crippen LogP contribution is 2.32. The SMILES string of the molecule is Cc1cn(-c2ccccc2Cl)nc1C(=O)N(CC1CC1)c1cccnc1. The number of hydrogen-bond acceptors (Lipinski definition) is 3. The summed E-state index contributed by atoms with van der Waals surface area (Å²) in [7, 11) is 0. The summed E-state index contributed by atoms with van der Waals surface area (Å²) in [5.41, 5.74) is 2.82. The maximum atomic E-state index is 13.2. The third-order valence-corrected chi connectivity index (χ3v) is 4.86. The Balaban J connectivity index is 1.69. The predicted molar refractivity (Wildman–Crippen MR) is 102 cm³/mol. The van der Waals surface area contributed by atoms with Gasteiger partial charge < -0.3 is 4.90 Å². The van der Waals surface area contributed by atoms with Crippen molar-refractivity contribution in [2.75, 3.05) is 11.4 Å². The number of amides is 1. The molecule has 0 N–H and O–H groups in total. The molecule has 0 aliphatic heterocycles. The summed E-state index contributed by atoms with van der Waals surface area (Å²) < 4.78 is 1.67. The van der Waals surface area contributed by atoms with Crippen molar-refractivity contribution < 1.29 is 4.79 Å². The summed E-state index contributed by atoms with van der Waals surface area (Å²) in [6.45, 7) is 2.59. The number of para-hydroxylation sites is 1. The quantitative estimate of drug-likeness (QED) is 0.677. The average molecular weight is 367 g/mol. The molecule has 1 saturated carbocycles. The fraction of sp³-hybridized carbons (Fsp3) is 0.250. The highest BCUT2D eigenvalue weighted by Gasteiger charge is 2.30. The van der Waals surface area contributed by atoms with Gasteiger partial charge in [-0.1, -0.05) is 23.7 Å². The van der Waals surface area contributed by atoms with Crippen molar-refractivity contribution in [2.45, 2.75) is 19.8 Å². The molecule has 5 nitrogen and oxygen atoms in total. The molecule has 2 aromatic heterocycles. The number of pyridine rings is 1. The summed E-state index contributed by atoms with van der Waals surface area (Å²) in [5.74, 6) is 0.457. The Morgan fingerprint density at radius 3 is 2.77 bits per heavy atom. The Hall–Kier alpha value is -2.66. The van der Waals surface area contributed by atoms with Gasteiger partial charge in [0.1, 0.15) is 0 Å². The molecule has 6 heteroatoms. The van der Waals surface area contributed by atoms with Crippen LogP contribution in [0.5, 0.6) is 0 Å². The summed E-state index contributed by atoms with van der Waals surface area (Å²) >= 11 is 6.27. The molecule has 26 heavy (non-hydrogen) atoms. The molecule has 1 aliphatic carbocycles. The normalized spacial score (nSPS) is 13.6. The van der Waals surface area contributed by atoms with Gasteiger partial charge in [0.15, 0.2) is 5.69 Å². The van der Waals surface area contributed by atoms with E-state index in [1.165, 1.54) is 0 Å². The van der Waals surface area contributed by atoms with Crippen molar-refractivity contribution in [2.24, 2.45) is 5.92 Å². The first-order valence-electron chi connectivity index (χ1n) is 8.66. The largest absolute Gasteiger partial charge is 0.305 e. The molecule has 1 fully saturated rings. The van der Waals surface area contributed by atoms with E-state index in [1.54, 1.807) is 22.0 Å². The molecule has 0 spiro atoms. The monoisotopic (exact) mass is 366 g/mol. The van der Waals surface area contributed by atoms with Crippen LogP contribution >= 0.6 is 11.6 Å². The van der Waals surface area contributed by atoms with Crippen LogP contribution < -0.4 is 4.90 Å². The Morgan fingerprint density at radius 2 is 2.08 bits per heavy atom. The number of carbonyl (C=O) groups is 1. The molecule has 3 aromatic rings. The summed E-state index contributed by atoms with van der Waals surface area (Å²) in [6, 6.07) is 11.2. The minimum atomic E-state index is -0.104. The number of nitrogens with zero attached hydrogens (tertiary/aromatic N) is 4. The smallest absolute Gasteiger partial charge is 0.279 e. The van der Waals surface area contributed by atoms with E-state index >= 15 is 0 Å². The van der Waals surface area contributed by atoms with Crippen molar-refractivity contribution in [1.29, 1.82) is 0 Å². The first kappa shape index (κ1) is 16.8. The number of hydrogen-bond donors (Lipinski definition) is 0. The lowest BCUT2D eigenvalue weighted by Gasteiger charge is -2.21. The Morgan fingerprint density at radius 1 is 1.27 bits per heavy atom. The molecule has 1 amide bonds. The summed E-state index contributed by atoms with van der Waals surface area (Å²) in [4.78, 5) is 19.2. The van der Waals surface area contributed by atoms with Gasteiger partial charge in [0, 0.05) is 24.5 Å². The van der Waals surface area contributed by atoms with Crippen LogP contribution in [0.25, 0.3) is 5.69 Å². The van der Waals surface area contributed by atoms with Crippen LogP contribution in [-0.4, -0.2) is 27.2 Å². The maximum Gasteiger partial charge on any atom is 0.279 e. The van der Waals surface area contributed by atoms with Gasteiger partial charge in [0.05, 0.1) is 22.6 Å².